The number of hydrazine groups is 1. The number of aryl methyl sites for hydroxylation is 1. The molecule has 1 aromatic heterocycles. The van der Waals surface area contributed by atoms with Crippen LogP contribution in [0.3, 0.4) is 0 Å². The van der Waals surface area contributed by atoms with Crippen LogP contribution in [-0.4, -0.2) is 33.9 Å². The predicted molar refractivity (Wildman–Crippen MR) is 112 cm³/mol. The van der Waals surface area contributed by atoms with E-state index < -0.39 is 16.7 Å². The van der Waals surface area contributed by atoms with Gasteiger partial charge >= 0.3 is 0 Å². The fraction of sp³-hybridized carbons (Fsp3) is 0.0909. The van der Waals surface area contributed by atoms with E-state index in [4.69, 9.17) is 4.42 Å². The molecular weight excluding hydrogens is 402 g/mol. The molecular formula is C22H17N3O6. The van der Waals surface area contributed by atoms with Crippen molar-refractivity contribution in [3.05, 3.63) is 81.6 Å². The van der Waals surface area contributed by atoms with Gasteiger partial charge in [-0.15, -0.1) is 0 Å². The minimum Gasteiger partial charge on any atom is -0.507 e. The Morgan fingerprint density at radius 1 is 1.03 bits per heavy atom. The highest BCUT2D eigenvalue weighted by atomic mass is 16.6. The van der Waals surface area contributed by atoms with E-state index in [9.17, 15) is 24.8 Å². The lowest BCUT2D eigenvalue weighted by atomic mass is 10.1. The first-order valence-electron chi connectivity index (χ1n) is 9.24. The molecule has 2 heterocycles. The summed E-state index contributed by atoms with van der Waals surface area (Å²) in [4.78, 5) is 36.0. The third-order valence-electron chi connectivity index (χ3n) is 4.90. The average Bonchev–Trinajstić information content (AvgIpc) is 3.28. The number of aromatic hydroxyl groups is 1. The lowest BCUT2D eigenvalue weighted by Crippen LogP contribution is -2.37. The number of hydrogen-bond acceptors (Lipinski definition) is 6. The van der Waals surface area contributed by atoms with E-state index in [0.717, 1.165) is 5.56 Å². The first kappa shape index (κ1) is 19.9. The normalized spacial score (nSPS) is 15.2. The van der Waals surface area contributed by atoms with E-state index in [1.165, 1.54) is 53.5 Å². The molecule has 0 saturated carbocycles. The molecule has 0 spiro atoms. The predicted octanol–water partition coefficient (Wildman–Crippen LogP) is 3.67. The quantitative estimate of drug-likeness (QED) is 0.298. The molecule has 1 fully saturated rings. The molecule has 1 aliphatic rings. The number of carbonyl (C=O) groups is 2. The fourth-order valence-corrected chi connectivity index (χ4v) is 3.26. The van der Waals surface area contributed by atoms with E-state index in [2.05, 4.69) is 0 Å². The van der Waals surface area contributed by atoms with Crippen LogP contribution in [-0.2, 0) is 9.59 Å². The summed E-state index contributed by atoms with van der Waals surface area (Å²) in [6.07, 6.45) is 1.31. The number of carbonyl (C=O) groups excluding carboxylic acids is 2. The number of benzene rings is 2. The Kier molecular flexibility index (Phi) is 4.78. The molecule has 0 bridgehead atoms. The summed E-state index contributed by atoms with van der Waals surface area (Å²) < 4.78 is 5.64. The average molecular weight is 419 g/mol. The number of rotatable bonds is 4. The highest BCUT2D eigenvalue weighted by Gasteiger charge is 2.39. The van der Waals surface area contributed by atoms with Gasteiger partial charge in [0.2, 0.25) is 0 Å². The summed E-state index contributed by atoms with van der Waals surface area (Å²) in [7, 11) is 1.50. The molecule has 31 heavy (non-hydrogen) atoms. The number of amides is 2. The highest BCUT2D eigenvalue weighted by Crippen LogP contribution is 2.34. The highest BCUT2D eigenvalue weighted by molar-refractivity contribution is 6.31. The number of hydrogen-bond donors (Lipinski definition) is 1. The van der Waals surface area contributed by atoms with Crippen molar-refractivity contribution in [1.82, 2.24) is 5.01 Å². The van der Waals surface area contributed by atoms with Gasteiger partial charge in [0.15, 0.2) is 0 Å². The summed E-state index contributed by atoms with van der Waals surface area (Å²) in [5.41, 5.74) is 1.40. The molecule has 1 N–H and O–H groups in total. The Morgan fingerprint density at radius 2 is 1.74 bits per heavy atom. The third-order valence-corrected chi connectivity index (χ3v) is 4.90. The first-order valence-corrected chi connectivity index (χ1v) is 9.24. The van der Waals surface area contributed by atoms with Crippen molar-refractivity contribution < 1.29 is 24.0 Å². The van der Waals surface area contributed by atoms with Gasteiger partial charge in [0.1, 0.15) is 22.8 Å². The SMILES string of the molecule is Cc1ccc(N2C(=O)C(=Cc3ccc(-c4cc([N+](=O)[O-])ccc4O)o3)C(=O)N2C)cc1. The van der Waals surface area contributed by atoms with Crippen molar-refractivity contribution >= 4 is 29.3 Å². The Bertz CT molecular complexity index is 1240. The van der Waals surface area contributed by atoms with Crippen LogP contribution in [0.15, 0.2) is 64.6 Å². The molecule has 0 unspecified atom stereocenters. The van der Waals surface area contributed by atoms with Crippen LogP contribution in [0.1, 0.15) is 11.3 Å². The topological polar surface area (TPSA) is 117 Å². The van der Waals surface area contributed by atoms with Crippen molar-refractivity contribution in [2.75, 3.05) is 12.1 Å². The van der Waals surface area contributed by atoms with Crippen LogP contribution in [0.4, 0.5) is 11.4 Å². The van der Waals surface area contributed by atoms with Gasteiger partial charge in [-0.1, -0.05) is 17.7 Å². The summed E-state index contributed by atoms with van der Waals surface area (Å²) in [6, 6.07) is 13.7. The minimum atomic E-state index is -0.583. The zero-order valence-corrected chi connectivity index (χ0v) is 16.6. The first-order chi connectivity index (χ1) is 14.8. The fourth-order valence-electron chi connectivity index (χ4n) is 3.26. The van der Waals surface area contributed by atoms with Gasteiger partial charge in [0.25, 0.3) is 17.5 Å². The third kappa shape index (κ3) is 3.52. The van der Waals surface area contributed by atoms with E-state index in [0.29, 0.717) is 5.69 Å². The number of phenolic OH excluding ortho intramolecular Hbond substituents is 1. The van der Waals surface area contributed by atoms with E-state index in [-0.39, 0.29) is 34.1 Å². The van der Waals surface area contributed by atoms with Crippen molar-refractivity contribution in [2.24, 2.45) is 0 Å². The van der Waals surface area contributed by atoms with E-state index in [1.54, 1.807) is 12.1 Å². The second kappa shape index (κ2) is 7.45. The monoisotopic (exact) mass is 419 g/mol. The lowest BCUT2D eigenvalue weighted by molar-refractivity contribution is -0.384. The molecule has 2 amide bonds. The molecule has 9 nitrogen and oxygen atoms in total. The van der Waals surface area contributed by atoms with Crippen molar-refractivity contribution in [3.63, 3.8) is 0 Å². The Hall–Kier alpha value is -4.40. The van der Waals surface area contributed by atoms with Crippen LogP contribution in [0.2, 0.25) is 0 Å². The molecule has 156 valence electrons. The number of anilines is 1. The minimum absolute atomic E-state index is 0.0905. The molecule has 1 saturated heterocycles. The molecule has 1 aliphatic heterocycles. The summed E-state index contributed by atoms with van der Waals surface area (Å²) in [6.45, 7) is 1.92. The second-order valence-corrected chi connectivity index (χ2v) is 7.00. The molecule has 2 aromatic carbocycles. The number of likely N-dealkylation sites (N-methyl/N-ethyl adjacent to an activating group) is 1. The Labute approximate surface area is 176 Å². The number of nitrogens with zero attached hydrogens (tertiary/aromatic N) is 3. The lowest BCUT2D eigenvalue weighted by Gasteiger charge is -2.23. The molecule has 0 atom stereocenters. The Balaban J connectivity index is 1.67. The van der Waals surface area contributed by atoms with Crippen LogP contribution >= 0.6 is 0 Å². The maximum absolute atomic E-state index is 12.9. The van der Waals surface area contributed by atoms with Gasteiger partial charge in [-0.2, -0.15) is 0 Å². The van der Waals surface area contributed by atoms with Gasteiger partial charge < -0.3 is 9.52 Å². The van der Waals surface area contributed by atoms with Gasteiger partial charge in [-0.05, 0) is 43.3 Å². The molecule has 9 heteroatoms. The Morgan fingerprint density at radius 3 is 2.42 bits per heavy atom. The van der Waals surface area contributed by atoms with Crippen molar-refractivity contribution in [2.45, 2.75) is 6.92 Å². The summed E-state index contributed by atoms with van der Waals surface area (Å²) in [5, 5.41) is 23.5. The maximum atomic E-state index is 12.9. The smallest absolute Gasteiger partial charge is 0.283 e. The largest absolute Gasteiger partial charge is 0.507 e. The van der Waals surface area contributed by atoms with Crippen LogP contribution < -0.4 is 5.01 Å². The molecule has 4 rings (SSSR count). The molecule has 0 radical (unpaired) electrons. The number of nitro benzene ring substituents is 1. The van der Waals surface area contributed by atoms with Gasteiger partial charge in [0.05, 0.1) is 16.2 Å². The van der Waals surface area contributed by atoms with Crippen molar-refractivity contribution in [3.8, 4) is 17.1 Å². The summed E-state index contributed by atoms with van der Waals surface area (Å²) >= 11 is 0. The van der Waals surface area contributed by atoms with E-state index >= 15 is 0 Å². The van der Waals surface area contributed by atoms with Gasteiger partial charge in [-0.3, -0.25) is 19.7 Å². The number of furan rings is 1. The van der Waals surface area contributed by atoms with Crippen LogP contribution in [0.25, 0.3) is 17.4 Å². The summed E-state index contributed by atoms with van der Waals surface area (Å²) in [5.74, 6) is -0.849. The maximum Gasteiger partial charge on any atom is 0.283 e. The number of nitro groups is 1. The standard InChI is InChI=1S/C22H17N3O6/c1-13-3-5-14(6-4-13)24-22(28)18(21(27)23(24)2)12-16-8-10-20(31-16)17-11-15(25(29)30)7-9-19(17)26/h3-12,26H,1-2H3. The van der Waals surface area contributed by atoms with E-state index in [1.807, 2.05) is 19.1 Å². The van der Waals surface area contributed by atoms with Crippen LogP contribution in [0.5, 0.6) is 5.75 Å². The van der Waals surface area contributed by atoms with Gasteiger partial charge in [-0.25, -0.2) is 10.0 Å². The molecule has 0 aliphatic carbocycles. The van der Waals surface area contributed by atoms with Gasteiger partial charge in [0, 0.05) is 19.2 Å². The number of phenols is 1. The van der Waals surface area contributed by atoms with Crippen LogP contribution in [0, 0.1) is 17.0 Å². The zero-order valence-electron chi connectivity index (χ0n) is 16.6. The molecule has 3 aromatic rings. The zero-order chi connectivity index (χ0) is 22.3. The second-order valence-electron chi connectivity index (χ2n) is 7.00. The van der Waals surface area contributed by atoms with Crippen molar-refractivity contribution in [1.29, 1.82) is 0 Å². The number of non-ortho nitro benzene ring substituents is 1.